The highest BCUT2D eigenvalue weighted by Crippen LogP contribution is 2.47. The van der Waals surface area contributed by atoms with Gasteiger partial charge in [0.15, 0.2) is 16.6 Å². The van der Waals surface area contributed by atoms with E-state index < -0.39 is 25.8 Å². The number of nitrogens with two attached hydrogens (primary N) is 2. The van der Waals surface area contributed by atoms with Gasteiger partial charge >= 0.3 is 6.03 Å². The molecule has 1 aromatic heterocycles. The van der Waals surface area contributed by atoms with Crippen LogP contribution >= 0.6 is 11.3 Å². The van der Waals surface area contributed by atoms with Gasteiger partial charge in [-0.15, -0.1) is 11.3 Å². The van der Waals surface area contributed by atoms with Gasteiger partial charge in [0.05, 0.1) is 21.9 Å². The van der Waals surface area contributed by atoms with E-state index in [1.54, 1.807) is 6.07 Å². The standard InChI is InChI=1S/C52H75N9O8S3/c1-38-45(70-49(54)58-38)26-22-33-56-48(53)59-50(63)57-32-18-9-7-6-8-17-31-55-47(62)28-14-11-19-35-61-43(40-37-39(72(67,68)69)29-30-41(40)52(61,4)5)24-12-10-13-27-46-51(2,3)42-23-15-16-25-44(42)60(46)34-20-21-36-71(64,65)66/h10,12-13,15-16,23-25,27,29-30,37H,6-9,11,14,17-22,26,28,31-36H2,1-5H3,(H8-,53,54,55,56,57,58,59,62,63,64,65,66,67,68,69)/p+1. The molecule has 3 aromatic rings. The van der Waals surface area contributed by atoms with Gasteiger partial charge in [0.25, 0.3) is 20.2 Å². The summed E-state index contributed by atoms with van der Waals surface area (Å²) in [7, 11) is -8.48. The molecule has 0 fully saturated rings. The molecule has 72 heavy (non-hydrogen) atoms. The number of unbranched alkanes of at least 4 members (excludes halogenated alkanes) is 8. The van der Waals surface area contributed by atoms with Crippen LogP contribution in [0.4, 0.5) is 15.6 Å². The van der Waals surface area contributed by atoms with Gasteiger partial charge in [-0.3, -0.25) is 24.2 Å². The molecule has 2 aliphatic rings. The number of nitrogens with one attached hydrogen (secondary N) is 3. The number of aliphatic imine (C=N–C) groups is 1. The Bertz CT molecular complexity index is 2740. The summed E-state index contributed by atoms with van der Waals surface area (Å²) in [6.45, 7) is 13.4. The number of nitrogen functional groups attached to an aromatic ring is 1. The molecule has 394 valence electrons. The molecule has 0 saturated heterocycles. The van der Waals surface area contributed by atoms with Crippen molar-refractivity contribution in [2.24, 2.45) is 10.7 Å². The summed E-state index contributed by atoms with van der Waals surface area (Å²) in [5, 5.41) is 9.00. The number of amides is 3. The third kappa shape index (κ3) is 16.8. The Morgan fingerprint density at radius 1 is 0.847 bits per heavy atom. The maximum absolute atomic E-state index is 12.7. The third-order valence-electron chi connectivity index (χ3n) is 13.2. The first-order valence-electron chi connectivity index (χ1n) is 25.1. The van der Waals surface area contributed by atoms with Gasteiger partial charge in [-0.25, -0.2) is 14.4 Å². The third-order valence-corrected chi connectivity index (χ3v) is 15.9. The first-order valence-corrected chi connectivity index (χ1v) is 28.9. The van der Waals surface area contributed by atoms with Crippen molar-refractivity contribution in [3.8, 4) is 0 Å². The molecule has 2 aromatic carbocycles. The highest BCUT2D eigenvalue weighted by Gasteiger charge is 2.44. The average molecular weight is 1050 g/mol. The quantitative estimate of drug-likeness (QED) is 0.00910. The number of aryl methyl sites for hydroxylation is 2. The van der Waals surface area contributed by atoms with E-state index in [0.717, 1.165) is 115 Å². The number of carbonyl (C=O) groups is 2. The fraction of sp³-hybridized carbons (Fsp3) is 0.519. The van der Waals surface area contributed by atoms with E-state index in [-0.39, 0.29) is 34.0 Å². The average Bonchev–Trinajstić information content (AvgIpc) is 3.83. The SMILES string of the molecule is Cc1nc(N)sc1CCCN=C(N)NC(=O)NCCCCCCCCNC(=O)CCCCC[N+]1=C(C=CC=CC=C2N(CCCCS(=O)(=O)O)c3ccccc3C2(C)C)c2cc(S(=O)(=O)O)ccc2C1(C)C. The normalized spacial score (nSPS) is 16.0. The van der Waals surface area contributed by atoms with Crippen molar-refractivity contribution in [1.82, 2.24) is 20.9 Å². The first-order chi connectivity index (χ1) is 34.1. The minimum Gasteiger partial charge on any atom is -0.375 e. The topological polar surface area (TPSA) is 263 Å². The van der Waals surface area contributed by atoms with Gasteiger partial charge in [0.1, 0.15) is 6.54 Å². The molecule has 3 heterocycles. The van der Waals surface area contributed by atoms with Crippen molar-refractivity contribution in [2.75, 3.05) is 49.1 Å². The summed E-state index contributed by atoms with van der Waals surface area (Å²) < 4.78 is 68.7. The zero-order valence-corrected chi connectivity index (χ0v) is 45.0. The number of hydrogen-bond donors (Lipinski definition) is 7. The molecule has 0 spiro atoms. The second kappa shape index (κ2) is 26.5. The minimum absolute atomic E-state index is 0.0374. The van der Waals surface area contributed by atoms with E-state index in [9.17, 15) is 35.5 Å². The largest absolute Gasteiger partial charge is 0.375 e. The van der Waals surface area contributed by atoms with Crippen molar-refractivity contribution >= 4 is 66.0 Å². The summed E-state index contributed by atoms with van der Waals surface area (Å²) >= 11 is 1.48. The van der Waals surface area contributed by atoms with Gasteiger partial charge in [-0.05, 0) is 94.2 Å². The number of rotatable bonds is 28. The zero-order chi connectivity index (χ0) is 52.5. The Labute approximate surface area is 430 Å². The molecule has 3 amide bonds. The lowest BCUT2D eigenvalue weighted by Gasteiger charge is -2.27. The van der Waals surface area contributed by atoms with Gasteiger partial charge in [0.2, 0.25) is 11.6 Å². The second-order valence-electron chi connectivity index (χ2n) is 19.5. The maximum atomic E-state index is 12.7. The number of aromatic nitrogens is 1. The predicted molar refractivity (Wildman–Crippen MR) is 289 cm³/mol. The van der Waals surface area contributed by atoms with Gasteiger partial charge < -0.3 is 27.0 Å². The molecule has 2 aliphatic heterocycles. The molecule has 0 bridgehead atoms. The van der Waals surface area contributed by atoms with Crippen LogP contribution in [-0.2, 0) is 42.4 Å². The Balaban J connectivity index is 1.04. The van der Waals surface area contributed by atoms with Gasteiger partial charge in [-0.2, -0.15) is 16.8 Å². The number of allylic oxidation sites excluding steroid dienone is 6. The molecule has 5 rings (SSSR count). The number of carbonyl (C=O) groups excluding carboxylic acids is 2. The zero-order valence-electron chi connectivity index (χ0n) is 42.6. The Hall–Kier alpha value is -5.41. The van der Waals surface area contributed by atoms with Crippen molar-refractivity contribution in [3.05, 3.63) is 106 Å². The molecule has 0 radical (unpaired) electrons. The van der Waals surface area contributed by atoms with E-state index in [2.05, 4.69) is 81.3 Å². The van der Waals surface area contributed by atoms with Crippen molar-refractivity contribution in [2.45, 2.75) is 140 Å². The lowest BCUT2D eigenvalue weighted by molar-refractivity contribution is -0.604. The summed E-state index contributed by atoms with van der Waals surface area (Å²) in [5.41, 5.74) is 17.5. The molecule has 0 aliphatic carbocycles. The second-order valence-corrected chi connectivity index (χ2v) is 23.6. The van der Waals surface area contributed by atoms with E-state index in [0.29, 0.717) is 57.1 Å². The Kier molecular flexibility index (Phi) is 21.2. The lowest BCUT2D eigenvalue weighted by Crippen LogP contribution is -2.43. The van der Waals surface area contributed by atoms with Crippen LogP contribution in [0.25, 0.3) is 0 Å². The highest BCUT2D eigenvalue weighted by molar-refractivity contribution is 7.86. The fourth-order valence-electron chi connectivity index (χ4n) is 9.42. The molecular weight excluding hydrogens is 975 g/mol. The summed E-state index contributed by atoms with van der Waals surface area (Å²) in [6.07, 6.45) is 20.9. The van der Waals surface area contributed by atoms with E-state index in [1.165, 1.54) is 23.5 Å². The van der Waals surface area contributed by atoms with E-state index in [1.807, 2.05) is 43.4 Å². The molecule has 17 nitrogen and oxygen atoms in total. The van der Waals surface area contributed by atoms with Crippen LogP contribution in [0.15, 0.2) is 88.4 Å². The van der Waals surface area contributed by atoms with Crippen LogP contribution in [-0.4, -0.2) is 97.6 Å². The number of hydrogen-bond acceptors (Lipinski definition) is 11. The van der Waals surface area contributed by atoms with Crippen LogP contribution in [0.2, 0.25) is 0 Å². The van der Waals surface area contributed by atoms with Crippen LogP contribution < -0.4 is 32.3 Å². The number of fused-ring (bicyclic) bond motifs is 2. The lowest BCUT2D eigenvalue weighted by atomic mass is 9.84. The van der Waals surface area contributed by atoms with Crippen LogP contribution in [0.5, 0.6) is 0 Å². The van der Waals surface area contributed by atoms with E-state index >= 15 is 0 Å². The molecule has 0 unspecified atom stereocenters. The molecule has 9 N–H and O–H groups in total. The number of thiazole rings is 1. The van der Waals surface area contributed by atoms with Crippen molar-refractivity contribution in [1.29, 1.82) is 0 Å². The summed E-state index contributed by atoms with van der Waals surface area (Å²) in [6, 6.07) is 12.5. The number of urea groups is 1. The van der Waals surface area contributed by atoms with Crippen molar-refractivity contribution in [3.63, 3.8) is 0 Å². The molecule has 0 saturated carbocycles. The number of benzene rings is 2. The Morgan fingerprint density at radius 3 is 2.24 bits per heavy atom. The van der Waals surface area contributed by atoms with Crippen LogP contribution in [0, 0.1) is 6.92 Å². The molecular formula is C52H76N9O8S3+. The smallest absolute Gasteiger partial charge is 0.321 e. The van der Waals surface area contributed by atoms with E-state index in [4.69, 9.17) is 11.5 Å². The first kappa shape index (κ1) is 57.5. The summed E-state index contributed by atoms with van der Waals surface area (Å²) in [4.78, 5) is 36.5. The predicted octanol–water partition coefficient (Wildman–Crippen LogP) is 8.06. The summed E-state index contributed by atoms with van der Waals surface area (Å²) in [5.74, 6) is -0.157. The number of para-hydroxylation sites is 1. The van der Waals surface area contributed by atoms with Crippen LogP contribution in [0.1, 0.15) is 138 Å². The van der Waals surface area contributed by atoms with Crippen LogP contribution in [0.3, 0.4) is 0 Å². The van der Waals surface area contributed by atoms with Crippen molar-refractivity contribution < 1.29 is 40.1 Å². The van der Waals surface area contributed by atoms with Gasteiger partial charge in [0, 0.05) is 86.2 Å². The monoisotopic (exact) mass is 1050 g/mol. The number of guanidine groups is 1. The molecule has 0 atom stereocenters. The maximum Gasteiger partial charge on any atom is 0.321 e. The van der Waals surface area contributed by atoms with Gasteiger partial charge in [-0.1, -0.05) is 76.0 Å². The number of anilines is 2. The number of nitrogens with zero attached hydrogens (tertiary/aromatic N) is 4. The molecule has 20 heteroatoms. The minimum atomic E-state index is -4.44. The highest BCUT2D eigenvalue weighted by atomic mass is 32.2. The Morgan fingerprint density at radius 2 is 1.54 bits per heavy atom. The fourth-order valence-corrected chi connectivity index (χ4v) is 11.4.